The number of nitrogens with zero attached hydrogens (tertiary/aromatic N) is 3. The summed E-state index contributed by atoms with van der Waals surface area (Å²) in [6, 6.07) is 17.6. The van der Waals surface area contributed by atoms with Crippen molar-refractivity contribution in [2.75, 3.05) is 26.3 Å². The monoisotopic (exact) mass is 395 g/mol. The highest BCUT2D eigenvalue weighted by atomic mass is 32.2. The lowest BCUT2D eigenvalue weighted by atomic mass is 10.1. The van der Waals surface area contributed by atoms with Gasteiger partial charge in [-0.1, -0.05) is 48.0 Å². The molecule has 2 aromatic carbocycles. The van der Waals surface area contributed by atoms with E-state index in [-0.39, 0.29) is 5.91 Å². The molecule has 1 saturated heterocycles. The molecule has 3 aromatic rings. The van der Waals surface area contributed by atoms with Crippen LogP contribution in [0.4, 0.5) is 0 Å². The van der Waals surface area contributed by atoms with E-state index in [1.807, 2.05) is 66.4 Å². The number of carbonyl (C=O) groups excluding carboxylic acids is 1. The number of benzene rings is 2. The summed E-state index contributed by atoms with van der Waals surface area (Å²) in [5.41, 5.74) is 2.91. The molecular weight excluding hydrogens is 374 g/mol. The quantitative estimate of drug-likeness (QED) is 0.613. The summed E-state index contributed by atoms with van der Waals surface area (Å²) in [4.78, 5) is 15.0. The van der Waals surface area contributed by atoms with Crippen molar-refractivity contribution >= 4 is 17.7 Å². The molecular formula is C21H21N3O3S. The number of amides is 1. The number of thioether (sulfide) groups is 1. The number of ether oxygens (including phenoxy) is 1. The van der Waals surface area contributed by atoms with Gasteiger partial charge in [0.15, 0.2) is 0 Å². The van der Waals surface area contributed by atoms with Crippen molar-refractivity contribution in [3.63, 3.8) is 0 Å². The van der Waals surface area contributed by atoms with Crippen LogP contribution in [0.3, 0.4) is 0 Å². The second-order valence-electron chi connectivity index (χ2n) is 6.59. The Kier molecular flexibility index (Phi) is 5.73. The Morgan fingerprint density at radius 3 is 2.61 bits per heavy atom. The maximum absolute atomic E-state index is 13.2. The molecule has 1 fully saturated rings. The van der Waals surface area contributed by atoms with Gasteiger partial charge >= 0.3 is 0 Å². The second-order valence-corrected chi connectivity index (χ2v) is 7.65. The van der Waals surface area contributed by atoms with Crippen molar-refractivity contribution < 1.29 is 13.9 Å². The van der Waals surface area contributed by atoms with Crippen LogP contribution in [0.5, 0.6) is 0 Å². The van der Waals surface area contributed by atoms with Gasteiger partial charge in [0.25, 0.3) is 5.22 Å². The standard InChI is InChI=1S/C21H21N3O3S/c1-15-6-5-9-17(14-15)19-22-23-21(27-19)28-18(16-7-3-2-4-8-16)20(25)24-10-12-26-13-11-24/h2-9,14,18H,10-13H2,1H3/t18-/m1/s1. The Bertz CT molecular complexity index is 939. The summed E-state index contributed by atoms with van der Waals surface area (Å²) < 4.78 is 11.2. The average Bonchev–Trinajstić information content (AvgIpc) is 3.22. The fourth-order valence-electron chi connectivity index (χ4n) is 3.09. The molecule has 7 heteroatoms. The summed E-state index contributed by atoms with van der Waals surface area (Å²) in [7, 11) is 0. The molecule has 0 spiro atoms. The van der Waals surface area contributed by atoms with E-state index in [2.05, 4.69) is 10.2 Å². The highest BCUT2D eigenvalue weighted by molar-refractivity contribution is 8.00. The number of aryl methyl sites for hydroxylation is 1. The van der Waals surface area contributed by atoms with Crippen LogP contribution in [0.15, 0.2) is 64.2 Å². The van der Waals surface area contributed by atoms with Gasteiger partial charge in [-0.25, -0.2) is 0 Å². The first-order chi connectivity index (χ1) is 13.7. The van der Waals surface area contributed by atoms with Gasteiger partial charge in [-0.2, -0.15) is 0 Å². The van der Waals surface area contributed by atoms with Gasteiger partial charge in [-0.3, -0.25) is 4.79 Å². The largest absolute Gasteiger partial charge is 0.411 e. The van der Waals surface area contributed by atoms with Crippen LogP contribution in [0, 0.1) is 6.92 Å². The first-order valence-electron chi connectivity index (χ1n) is 9.19. The Labute approximate surface area is 167 Å². The number of morpholine rings is 1. The molecule has 0 radical (unpaired) electrons. The van der Waals surface area contributed by atoms with Crippen molar-refractivity contribution in [1.82, 2.24) is 15.1 Å². The minimum Gasteiger partial charge on any atom is -0.411 e. The van der Waals surface area contributed by atoms with E-state index >= 15 is 0 Å². The molecule has 28 heavy (non-hydrogen) atoms. The van der Waals surface area contributed by atoms with E-state index in [9.17, 15) is 4.79 Å². The van der Waals surface area contributed by atoms with Crippen LogP contribution < -0.4 is 0 Å². The second kappa shape index (κ2) is 8.58. The molecule has 6 nitrogen and oxygen atoms in total. The number of hydrogen-bond acceptors (Lipinski definition) is 6. The van der Waals surface area contributed by atoms with Gasteiger partial charge in [-0.05, 0) is 36.4 Å². The van der Waals surface area contributed by atoms with Crippen molar-refractivity contribution in [1.29, 1.82) is 0 Å². The van der Waals surface area contributed by atoms with Gasteiger partial charge in [0, 0.05) is 18.7 Å². The van der Waals surface area contributed by atoms with Gasteiger partial charge < -0.3 is 14.1 Å². The molecule has 1 amide bonds. The molecule has 1 aliphatic heterocycles. The zero-order valence-corrected chi connectivity index (χ0v) is 16.4. The number of aromatic nitrogens is 2. The molecule has 0 bridgehead atoms. The SMILES string of the molecule is Cc1cccc(-c2nnc(S[C@@H](C(=O)N3CCOCC3)c3ccccc3)o2)c1. The summed E-state index contributed by atoms with van der Waals surface area (Å²) in [6.45, 7) is 4.34. The zero-order valence-electron chi connectivity index (χ0n) is 15.6. The zero-order chi connectivity index (χ0) is 19.3. The lowest BCUT2D eigenvalue weighted by molar-refractivity contribution is -0.134. The van der Waals surface area contributed by atoms with E-state index < -0.39 is 5.25 Å². The van der Waals surface area contributed by atoms with Crippen LogP contribution in [0.2, 0.25) is 0 Å². The molecule has 0 unspecified atom stereocenters. The molecule has 1 atom stereocenters. The van der Waals surface area contributed by atoms with Crippen molar-refractivity contribution in [2.24, 2.45) is 0 Å². The lowest BCUT2D eigenvalue weighted by Gasteiger charge is -2.29. The molecule has 4 rings (SSSR count). The lowest BCUT2D eigenvalue weighted by Crippen LogP contribution is -2.42. The smallest absolute Gasteiger partial charge is 0.277 e. The van der Waals surface area contributed by atoms with Crippen LogP contribution in [0.25, 0.3) is 11.5 Å². The first kappa shape index (κ1) is 18.7. The van der Waals surface area contributed by atoms with Crippen LogP contribution in [-0.2, 0) is 9.53 Å². The van der Waals surface area contributed by atoms with E-state index in [4.69, 9.17) is 9.15 Å². The molecule has 1 aliphatic rings. The third kappa shape index (κ3) is 4.26. The van der Waals surface area contributed by atoms with E-state index in [0.717, 1.165) is 16.7 Å². The third-order valence-electron chi connectivity index (χ3n) is 4.54. The Morgan fingerprint density at radius 2 is 1.86 bits per heavy atom. The summed E-state index contributed by atoms with van der Waals surface area (Å²) in [5, 5.41) is 8.27. The molecule has 0 saturated carbocycles. The van der Waals surface area contributed by atoms with Crippen molar-refractivity contribution in [2.45, 2.75) is 17.4 Å². The molecule has 0 aliphatic carbocycles. The topological polar surface area (TPSA) is 68.5 Å². The highest BCUT2D eigenvalue weighted by Gasteiger charge is 2.30. The summed E-state index contributed by atoms with van der Waals surface area (Å²) in [6.07, 6.45) is 0. The van der Waals surface area contributed by atoms with Crippen LogP contribution in [-0.4, -0.2) is 47.3 Å². The molecule has 0 N–H and O–H groups in total. The molecule has 1 aromatic heterocycles. The first-order valence-corrected chi connectivity index (χ1v) is 10.1. The predicted octanol–water partition coefficient (Wildman–Crippen LogP) is 3.74. The Morgan fingerprint density at radius 1 is 1.07 bits per heavy atom. The van der Waals surface area contributed by atoms with Crippen LogP contribution >= 0.6 is 11.8 Å². The van der Waals surface area contributed by atoms with Crippen LogP contribution in [0.1, 0.15) is 16.4 Å². The average molecular weight is 395 g/mol. The van der Waals surface area contributed by atoms with Crippen molar-refractivity contribution in [3.05, 3.63) is 65.7 Å². The number of carbonyl (C=O) groups is 1. The van der Waals surface area contributed by atoms with Gasteiger partial charge in [0.1, 0.15) is 5.25 Å². The minimum atomic E-state index is -0.440. The highest BCUT2D eigenvalue weighted by Crippen LogP contribution is 2.37. The number of rotatable bonds is 5. The third-order valence-corrected chi connectivity index (χ3v) is 5.62. The van der Waals surface area contributed by atoms with Gasteiger partial charge in [0.2, 0.25) is 11.8 Å². The summed E-state index contributed by atoms with van der Waals surface area (Å²) >= 11 is 1.29. The fourth-order valence-corrected chi connectivity index (χ4v) is 4.05. The van der Waals surface area contributed by atoms with E-state index in [1.165, 1.54) is 11.8 Å². The maximum atomic E-state index is 13.2. The van der Waals surface area contributed by atoms with Gasteiger partial charge in [-0.15, -0.1) is 10.2 Å². The fraction of sp³-hybridized carbons (Fsp3) is 0.286. The normalized spacial score (nSPS) is 15.4. The van der Waals surface area contributed by atoms with E-state index in [0.29, 0.717) is 37.4 Å². The minimum absolute atomic E-state index is 0.0369. The Hall–Kier alpha value is -2.64. The van der Waals surface area contributed by atoms with Crippen molar-refractivity contribution in [3.8, 4) is 11.5 Å². The van der Waals surface area contributed by atoms with Gasteiger partial charge in [0.05, 0.1) is 13.2 Å². The summed E-state index contributed by atoms with van der Waals surface area (Å²) in [5.74, 6) is 0.492. The predicted molar refractivity (Wildman–Crippen MR) is 107 cm³/mol. The maximum Gasteiger partial charge on any atom is 0.277 e. The number of hydrogen-bond donors (Lipinski definition) is 0. The van der Waals surface area contributed by atoms with E-state index in [1.54, 1.807) is 0 Å². The Balaban J connectivity index is 1.58. The molecule has 2 heterocycles. The molecule has 144 valence electrons.